The maximum atomic E-state index is 13.1. The molecule has 1 aromatic heterocycles. The van der Waals surface area contributed by atoms with Crippen LogP contribution in [0.4, 0.5) is 5.13 Å². The van der Waals surface area contributed by atoms with E-state index in [1.54, 1.807) is 18.3 Å². The Bertz CT molecular complexity index is 1150. The summed E-state index contributed by atoms with van der Waals surface area (Å²) < 4.78 is 41.4. The van der Waals surface area contributed by atoms with Gasteiger partial charge in [-0.2, -0.15) is 0 Å². The van der Waals surface area contributed by atoms with Gasteiger partial charge in [0.15, 0.2) is 26.8 Å². The summed E-state index contributed by atoms with van der Waals surface area (Å²) in [6.07, 6.45) is 3.24. The molecule has 0 bridgehead atoms. The van der Waals surface area contributed by atoms with Gasteiger partial charge in [-0.1, -0.05) is 28.6 Å². The highest BCUT2D eigenvalue weighted by molar-refractivity contribution is 7.92. The Balaban J connectivity index is 1.34. The number of amides is 1. The van der Waals surface area contributed by atoms with Crippen LogP contribution in [0.25, 0.3) is 0 Å². The zero-order valence-electron chi connectivity index (χ0n) is 18.3. The number of aromatic nitrogens is 1. The van der Waals surface area contributed by atoms with Crippen molar-refractivity contribution in [1.29, 1.82) is 0 Å². The molecule has 3 aliphatic rings. The second kappa shape index (κ2) is 10.1. The van der Waals surface area contributed by atoms with Crippen LogP contribution in [0.2, 0.25) is 0 Å². The Labute approximate surface area is 201 Å². The van der Waals surface area contributed by atoms with Gasteiger partial charge in [0.25, 0.3) is 5.91 Å². The molecule has 1 unspecified atom stereocenters. The number of sulfone groups is 1. The summed E-state index contributed by atoms with van der Waals surface area (Å²) >= 11 is 1.30. The number of nitrogens with one attached hydrogen (secondary N) is 1. The van der Waals surface area contributed by atoms with Crippen LogP contribution >= 0.6 is 11.3 Å². The highest BCUT2D eigenvalue weighted by Gasteiger charge is 2.37. The largest absolute Gasteiger partial charge is 0.389 e. The molecular weight excluding hydrogens is 482 g/mol. The summed E-state index contributed by atoms with van der Waals surface area (Å²) in [4.78, 5) is 24.1. The first-order valence-corrected chi connectivity index (χ1v) is 13.5. The van der Waals surface area contributed by atoms with Gasteiger partial charge in [-0.3, -0.25) is 10.1 Å². The Kier molecular flexibility index (Phi) is 6.93. The average Bonchev–Trinajstić information content (AvgIpc) is 3.41. The van der Waals surface area contributed by atoms with E-state index in [-0.39, 0.29) is 28.1 Å². The van der Waals surface area contributed by atoms with Gasteiger partial charge in [-0.15, -0.1) is 0 Å². The molecule has 2 aromatic rings. The number of thiazole rings is 1. The lowest BCUT2D eigenvalue weighted by molar-refractivity contribution is -0.110. The highest BCUT2D eigenvalue weighted by atomic mass is 32.2. The SMILES string of the molecule is O=C(Nc1ncc(C2COCCO2)s1)/C(=N/O[C@@H]1CCOC1)c1ccc(S(=O)(=O)C2CC2)cc1. The van der Waals surface area contributed by atoms with Gasteiger partial charge in [0.05, 0.1) is 48.1 Å². The van der Waals surface area contributed by atoms with Crippen LogP contribution in [0.15, 0.2) is 40.5 Å². The molecule has 2 aliphatic heterocycles. The van der Waals surface area contributed by atoms with Crippen LogP contribution in [-0.4, -0.2) is 69.4 Å². The van der Waals surface area contributed by atoms with Crippen molar-refractivity contribution in [2.75, 3.05) is 38.4 Å². The summed E-state index contributed by atoms with van der Waals surface area (Å²) in [5.74, 6) is -0.515. The van der Waals surface area contributed by atoms with Crippen molar-refractivity contribution >= 4 is 37.9 Å². The minimum atomic E-state index is -3.33. The predicted octanol–water partition coefficient (Wildman–Crippen LogP) is 2.32. The van der Waals surface area contributed by atoms with Crippen molar-refractivity contribution in [2.24, 2.45) is 5.16 Å². The summed E-state index contributed by atoms with van der Waals surface area (Å²) in [7, 11) is -3.33. The first-order valence-electron chi connectivity index (χ1n) is 11.1. The molecule has 1 aliphatic carbocycles. The Morgan fingerprint density at radius 1 is 1.09 bits per heavy atom. The third-order valence-electron chi connectivity index (χ3n) is 5.69. The van der Waals surface area contributed by atoms with Crippen molar-refractivity contribution in [3.63, 3.8) is 0 Å². The smallest absolute Gasteiger partial charge is 0.280 e. The van der Waals surface area contributed by atoms with Crippen LogP contribution in [0.3, 0.4) is 0 Å². The molecule has 5 rings (SSSR count). The number of hydrogen-bond acceptors (Lipinski definition) is 10. The van der Waals surface area contributed by atoms with Crippen LogP contribution in [0, 0.1) is 0 Å². The van der Waals surface area contributed by atoms with Crippen molar-refractivity contribution in [3.05, 3.63) is 40.9 Å². The number of rotatable bonds is 8. The van der Waals surface area contributed by atoms with E-state index in [1.807, 2.05) is 0 Å². The first-order chi connectivity index (χ1) is 16.5. The second-order valence-corrected chi connectivity index (χ2v) is 11.5. The van der Waals surface area contributed by atoms with Crippen molar-refractivity contribution in [1.82, 2.24) is 4.98 Å². The van der Waals surface area contributed by atoms with Crippen LogP contribution < -0.4 is 5.32 Å². The molecule has 1 amide bonds. The van der Waals surface area contributed by atoms with Crippen LogP contribution in [0.5, 0.6) is 0 Å². The number of anilines is 1. The topological polar surface area (TPSA) is 125 Å². The fourth-order valence-electron chi connectivity index (χ4n) is 3.62. The number of hydrogen-bond donors (Lipinski definition) is 1. The molecule has 10 nitrogen and oxygen atoms in total. The lowest BCUT2D eigenvalue weighted by Crippen LogP contribution is -2.25. The minimum absolute atomic E-state index is 0.0243. The monoisotopic (exact) mass is 507 g/mol. The minimum Gasteiger partial charge on any atom is -0.389 e. The number of carbonyl (C=O) groups excluding carboxylic acids is 1. The molecule has 1 aromatic carbocycles. The van der Waals surface area contributed by atoms with Gasteiger partial charge >= 0.3 is 0 Å². The van der Waals surface area contributed by atoms with E-state index in [0.29, 0.717) is 63.0 Å². The number of ether oxygens (including phenoxy) is 3. The summed E-state index contributed by atoms with van der Waals surface area (Å²) in [5, 5.41) is 6.96. The standard InChI is InChI=1S/C22H25N3O7S2/c26-21(24-22-23-11-19(33-22)18-13-30-9-10-31-18)20(25-32-15-7-8-29-12-15)14-1-3-16(4-2-14)34(27,28)17-5-6-17/h1-4,11,15,17-18H,5-10,12-13H2,(H,23,24,26)/b25-20+/t15-,18?/m1/s1. The molecule has 1 N–H and O–H groups in total. The van der Waals surface area contributed by atoms with Crippen molar-refractivity contribution in [3.8, 4) is 0 Å². The van der Waals surface area contributed by atoms with Crippen LogP contribution in [0.1, 0.15) is 35.8 Å². The molecule has 0 spiro atoms. The highest BCUT2D eigenvalue weighted by Crippen LogP contribution is 2.33. The van der Waals surface area contributed by atoms with E-state index < -0.39 is 15.7 Å². The number of oxime groups is 1. The fraction of sp³-hybridized carbons (Fsp3) is 0.500. The maximum absolute atomic E-state index is 13.1. The molecule has 3 fully saturated rings. The number of benzene rings is 1. The van der Waals surface area contributed by atoms with Crippen molar-refractivity contribution in [2.45, 2.75) is 41.6 Å². The summed E-state index contributed by atoms with van der Waals surface area (Å²) in [5.41, 5.74) is 0.461. The number of carbonyl (C=O) groups is 1. The van der Waals surface area contributed by atoms with Gasteiger partial charge in [0.2, 0.25) is 0 Å². The van der Waals surface area contributed by atoms with E-state index in [0.717, 1.165) is 4.88 Å². The van der Waals surface area contributed by atoms with Gasteiger partial charge < -0.3 is 19.0 Å². The molecule has 2 saturated heterocycles. The van der Waals surface area contributed by atoms with Gasteiger partial charge in [-0.05, 0) is 25.0 Å². The Morgan fingerprint density at radius 2 is 1.88 bits per heavy atom. The molecule has 182 valence electrons. The number of nitrogens with zero attached hydrogens (tertiary/aromatic N) is 2. The molecule has 0 radical (unpaired) electrons. The quantitative estimate of drug-likeness (QED) is 0.426. The van der Waals surface area contributed by atoms with Crippen molar-refractivity contribution < 1.29 is 32.3 Å². The normalized spacial score (nSPS) is 23.6. The molecule has 3 heterocycles. The molecular formula is C22H25N3O7S2. The predicted molar refractivity (Wildman–Crippen MR) is 124 cm³/mol. The Hall–Kier alpha value is -2.38. The zero-order valence-corrected chi connectivity index (χ0v) is 20.0. The van der Waals surface area contributed by atoms with Gasteiger partial charge in [0, 0.05) is 18.2 Å². The zero-order chi connectivity index (χ0) is 23.5. The van der Waals surface area contributed by atoms with E-state index in [9.17, 15) is 13.2 Å². The third kappa shape index (κ3) is 5.31. The average molecular weight is 508 g/mol. The molecule has 2 atom stereocenters. The van der Waals surface area contributed by atoms with Gasteiger partial charge in [0.1, 0.15) is 6.10 Å². The third-order valence-corrected chi connectivity index (χ3v) is 8.98. The summed E-state index contributed by atoms with van der Waals surface area (Å²) in [6, 6.07) is 6.16. The fourth-order valence-corrected chi connectivity index (χ4v) is 6.13. The molecule has 34 heavy (non-hydrogen) atoms. The van der Waals surface area contributed by atoms with E-state index in [2.05, 4.69) is 15.5 Å². The lowest BCUT2D eigenvalue weighted by Gasteiger charge is -2.21. The first kappa shape index (κ1) is 23.4. The Morgan fingerprint density at radius 3 is 2.56 bits per heavy atom. The van der Waals surface area contributed by atoms with E-state index in [4.69, 9.17) is 19.0 Å². The second-order valence-electron chi connectivity index (χ2n) is 8.26. The van der Waals surface area contributed by atoms with Gasteiger partial charge in [-0.25, -0.2) is 13.4 Å². The van der Waals surface area contributed by atoms with E-state index >= 15 is 0 Å². The molecule has 12 heteroatoms. The maximum Gasteiger partial charge on any atom is 0.280 e. The lowest BCUT2D eigenvalue weighted by atomic mass is 10.1. The van der Waals surface area contributed by atoms with Crippen LogP contribution in [-0.2, 0) is 33.7 Å². The summed E-state index contributed by atoms with van der Waals surface area (Å²) in [6.45, 7) is 2.48. The van der Waals surface area contributed by atoms with E-state index in [1.165, 1.54) is 23.5 Å². The molecule has 1 saturated carbocycles.